The lowest BCUT2D eigenvalue weighted by molar-refractivity contribution is 0.219. The lowest BCUT2D eigenvalue weighted by Gasteiger charge is -2.28. The van der Waals surface area contributed by atoms with Gasteiger partial charge in [0.15, 0.2) is 0 Å². The number of nitrogens with one attached hydrogen (secondary N) is 1. The van der Waals surface area contributed by atoms with Crippen LogP contribution in [0.5, 0.6) is 0 Å². The van der Waals surface area contributed by atoms with Crippen molar-refractivity contribution in [2.45, 2.75) is 50.3 Å². The van der Waals surface area contributed by atoms with Gasteiger partial charge in [-0.15, -0.1) is 0 Å². The zero-order valence-electron chi connectivity index (χ0n) is 10.2. The van der Waals surface area contributed by atoms with E-state index in [1.165, 1.54) is 43.4 Å². The molecule has 2 nitrogen and oxygen atoms in total. The third-order valence-electron chi connectivity index (χ3n) is 3.31. The average molecular weight is 241 g/mol. The molecule has 2 unspecified atom stereocenters. The molecule has 2 rings (SSSR count). The zero-order valence-corrected chi connectivity index (χ0v) is 11.0. The van der Waals surface area contributed by atoms with Gasteiger partial charge in [0.2, 0.25) is 0 Å². The Kier molecular flexibility index (Phi) is 5.04. The fourth-order valence-electron chi connectivity index (χ4n) is 2.48. The quantitative estimate of drug-likeness (QED) is 0.799. The molecule has 0 saturated carbocycles. The first-order valence-electron chi connectivity index (χ1n) is 6.57. The van der Waals surface area contributed by atoms with Gasteiger partial charge < -0.3 is 10.1 Å². The van der Waals surface area contributed by atoms with Crippen molar-refractivity contribution in [3.63, 3.8) is 0 Å². The van der Waals surface area contributed by atoms with E-state index < -0.39 is 0 Å². The molecule has 92 valence electrons. The average Bonchev–Trinajstić information content (AvgIpc) is 2.85. The van der Waals surface area contributed by atoms with Crippen molar-refractivity contribution in [3.05, 3.63) is 11.8 Å². The first-order chi connectivity index (χ1) is 7.92. The van der Waals surface area contributed by atoms with Crippen LogP contribution >= 0.6 is 11.8 Å². The molecular weight excluding hydrogens is 218 g/mol. The monoisotopic (exact) mass is 241 g/mol. The first-order valence-corrected chi connectivity index (χ1v) is 7.62. The molecule has 3 heteroatoms. The lowest BCUT2D eigenvalue weighted by Crippen LogP contribution is -2.40. The number of hydrogen-bond donors (Lipinski definition) is 1. The highest BCUT2D eigenvalue weighted by atomic mass is 32.2. The molecule has 0 aromatic carbocycles. The highest BCUT2D eigenvalue weighted by Crippen LogP contribution is 2.33. The van der Waals surface area contributed by atoms with Crippen LogP contribution in [0.25, 0.3) is 0 Å². The summed E-state index contributed by atoms with van der Waals surface area (Å²) in [6.07, 6.45) is 8.39. The van der Waals surface area contributed by atoms with Crippen molar-refractivity contribution in [2.75, 3.05) is 18.9 Å². The molecule has 0 aromatic rings. The van der Waals surface area contributed by atoms with E-state index in [-0.39, 0.29) is 0 Å². The minimum absolute atomic E-state index is 0.563. The minimum atomic E-state index is 0.563. The van der Waals surface area contributed by atoms with E-state index in [2.05, 4.69) is 24.0 Å². The van der Waals surface area contributed by atoms with E-state index in [9.17, 15) is 0 Å². The number of hydrogen-bond acceptors (Lipinski definition) is 3. The Morgan fingerprint density at radius 2 is 2.50 bits per heavy atom. The Morgan fingerprint density at radius 1 is 1.56 bits per heavy atom. The van der Waals surface area contributed by atoms with Crippen LogP contribution in [0.3, 0.4) is 0 Å². The topological polar surface area (TPSA) is 21.3 Å². The predicted molar refractivity (Wildman–Crippen MR) is 70.8 cm³/mol. The zero-order chi connectivity index (χ0) is 11.2. The summed E-state index contributed by atoms with van der Waals surface area (Å²) >= 11 is 2.14. The Morgan fingerprint density at radius 3 is 3.12 bits per heavy atom. The van der Waals surface area contributed by atoms with Gasteiger partial charge in [-0.05, 0) is 50.0 Å². The molecule has 0 radical (unpaired) electrons. The van der Waals surface area contributed by atoms with E-state index in [0.717, 1.165) is 18.4 Å². The van der Waals surface area contributed by atoms with Gasteiger partial charge in [-0.3, -0.25) is 0 Å². The normalized spacial score (nSPS) is 27.3. The van der Waals surface area contributed by atoms with Gasteiger partial charge in [-0.25, -0.2) is 0 Å². The molecule has 1 N–H and O–H groups in total. The largest absolute Gasteiger partial charge is 0.501 e. The Balaban J connectivity index is 1.97. The smallest absolute Gasteiger partial charge is 0.0876 e. The van der Waals surface area contributed by atoms with Crippen molar-refractivity contribution in [1.29, 1.82) is 0 Å². The van der Waals surface area contributed by atoms with Gasteiger partial charge >= 0.3 is 0 Å². The van der Waals surface area contributed by atoms with E-state index >= 15 is 0 Å². The molecule has 1 saturated heterocycles. The minimum Gasteiger partial charge on any atom is -0.501 e. The highest BCUT2D eigenvalue weighted by molar-refractivity contribution is 8.00. The van der Waals surface area contributed by atoms with Gasteiger partial charge in [-0.2, -0.15) is 11.8 Å². The van der Waals surface area contributed by atoms with Crippen molar-refractivity contribution in [2.24, 2.45) is 0 Å². The summed E-state index contributed by atoms with van der Waals surface area (Å²) < 4.78 is 5.49. The molecule has 0 aromatic heterocycles. The molecule has 1 fully saturated rings. The van der Waals surface area contributed by atoms with Gasteiger partial charge in [0.25, 0.3) is 0 Å². The van der Waals surface area contributed by atoms with Gasteiger partial charge in [0.1, 0.15) is 0 Å². The van der Waals surface area contributed by atoms with Crippen LogP contribution < -0.4 is 5.32 Å². The lowest BCUT2D eigenvalue weighted by atomic mass is 9.97. The molecule has 16 heavy (non-hydrogen) atoms. The third kappa shape index (κ3) is 3.17. The van der Waals surface area contributed by atoms with Gasteiger partial charge in [0.05, 0.1) is 12.9 Å². The van der Waals surface area contributed by atoms with Crippen LogP contribution in [0, 0.1) is 0 Å². The summed E-state index contributed by atoms with van der Waals surface area (Å²) in [6, 6.07) is 0.563. The van der Waals surface area contributed by atoms with Crippen molar-refractivity contribution >= 4 is 11.8 Å². The predicted octanol–water partition coefficient (Wildman–Crippen LogP) is 2.94. The summed E-state index contributed by atoms with van der Waals surface area (Å²) in [5, 5.41) is 4.49. The molecule has 2 atom stereocenters. The van der Waals surface area contributed by atoms with E-state index in [4.69, 9.17) is 4.74 Å². The second kappa shape index (κ2) is 6.55. The van der Waals surface area contributed by atoms with Gasteiger partial charge in [0, 0.05) is 11.3 Å². The molecule has 0 spiro atoms. The fourth-order valence-corrected chi connectivity index (χ4v) is 3.91. The summed E-state index contributed by atoms with van der Waals surface area (Å²) in [5.41, 5.74) is 1.50. The van der Waals surface area contributed by atoms with Crippen LogP contribution in [0.1, 0.15) is 39.0 Å². The van der Waals surface area contributed by atoms with Crippen LogP contribution in [0.15, 0.2) is 11.8 Å². The van der Waals surface area contributed by atoms with Crippen LogP contribution in [0.4, 0.5) is 0 Å². The van der Waals surface area contributed by atoms with E-state index in [1.54, 1.807) is 0 Å². The van der Waals surface area contributed by atoms with Crippen molar-refractivity contribution in [3.8, 4) is 0 Å². The standard InChI is InChI=1S/C13H23NOS/c1-2-7-14-13(12-6-4-9-16-12)11-5-3-8-15-10-11/h10,12-14H,2-9H2,1H3. The van der Waals surface area contributed by atoms with Crippen LogP contribution in [-0.4, -0.2) is 30.2 Å². The van der Waals surface area contributed by atoms with Crippen molar-refractivity contribution < 1.29 is 4.74 Å². The maximum Gasteiger partial charge on any atom is 0.0876 e. The second-order valence-electron chi connectivity index (χ2n) is 4.65. The molecule has 2 heterocycles. The Bertz CT molecular complexity index is 236. The SMILES string of the molecule is CCCNC(C1=COCCC1)C1CCCS1. The summed E-state index contributed by atoms with van der Waals surface area (Å²) in [4.78, 5) is 0. The number of rotatable bonds is 5. The maximum atomic E-state index is 5.49. The molecule has 2 aliphatic rings. The Hall–Kier alpha value is -0.150. The van der Waals surface area contributed by atoms with Crippen LogP contribution in [-0.2, 0) is 4.74 Å². The van der Waals surface area contributed by atoms with E-state index in [1.807, 2.05) is 6.26 Å². The van der Waals surface area contributed by atoms with Crippen molar-refractivity contribution in [1.82, 2.24) is 5.32 Å². The van der Waals surface area contributed by atoms with Crippen LogP contribution in [0.2, 0.25) is 0 Å². The van der Waals surface area contributed by atoms with Gasteiger partial charge in [-0.1, -0.05) is 6.92 Å². The molecule has 0 amide bonds. The molecular formula is C13H23NOS. The summed E-state index contributed by atoms with van der Waals surface area (Å²) in [6.45, 7) is 4.26. The van der Waals surface area contributed by atoms with E-state index in [0.29, 0.717) is 6.04 Å². The fraction of sp³-hybridized carbons (Fsp3) is 0.846. The highest BCUT2D eigenvalue weighted by Gasteiger charge is 2.28. The maximum absolute atomic E-state index is 5.49. The first kappa shape index (κ1) is 12.3. The number of ether oxygens (including phenoxy) is 1. The molecule has 0 aliphatic carbocycles. The number of thioether (sulfide) groups is 1. The molecule has 2 aliphatic heterocycles. The Labute approximate surface area is 103 Å². The summed E-state index contributed by atoms with van der Waals surface area (Å²) in [5.74, 6) is 1.34. The second-order valence-corrected chi connectivity index (χ2v) is 6.00. The molecule has 0 bridgehead atoms. The summed E-state index contributed by atoms with van der Waals surface area (Å²) in [7, 11) is 0. The third-order valence-corrected chi connectivity index (χ3v) is 4.77.